The van der Waals surface area contributed by atoms with Crippen molar-refractivity contribution < 1.29 is 20.1 Å². The molecule has 1 fully saturated rings. The van der Waals surface area contributed by atoms with E-state index in [2.05, 4.69) is 32.7 Å². The van der Waals surface area contributed by atoms with E-state index in [1.807, 2.05) is 24.3 Å². The highest BCUT2D eigenvalue weighted by atomic mass is 35.5. The van der Waals surface area contributed by atoms with Crippen LogP contribution < -0.4 is 4.90 Å². The van der Waals surface area contributed by atoms with Gasteiger partial charge >= 0.3 is 0 Å². The number of rotatable bonds is 7. The Labute approximate surface area is 190 Å². The second-order valence-electron chi connectivity index (χ2n) is 7.63. The molecule has 0 radical (unpaired) electrons. The zero-order valence-corrected chi connectivity index (χ0v) is 18.2. The molecule has 3 heterocycles. The van der Waals surface area contributed by atoms with Crippen molar-refractivity contribution in [3.05, 3.63) is 47.0 Å². The van der Waals surface area contributed by atoms with Gasteiger partial charge in [0.1, 0.15) is 18.3 Å². The second-order valence-corrected chi connectivity index (χ2v) is 7.97. The maximum Gasteiger partial charge on any atom is 0.226 e. The van der Waals surface area contributed by atoms with E-state index in [-0.39, 0.29) is 5.28 Å². The zero-order valence-electron chi connectivity index (χ0n) is 17.5. The minimum absolute atomic E-state index is 0.0183. The maximum absolute atomic E-state index is 10.4. The van der Waals surface area contributed by atoms with Crippen LogP contribution in [0.1, 0.15) is 30.7 Å². The highest BCUT2D eigenvalue weighted by Crippen LogP contribution is 2.33. The van der Waals surface area contributed by atoms with Crippen molar-refractivity contribution in [2.24, 2.45) is 0 Å². The molecule has 9 nitrogen and oxygen atoms in total. The summed E-state index contributed by atoms with van der Waals surface area (Å²) in [5.41, 5.74) is 2.70. The molecular weight excluding hydrogens is 434 g/mol. The predicted octanol–water partition coefficient (Wildman–Crippen LogP) is 1.49. The minimum atomic E-state index is -1.26. The van der Waals surface area contributed by atoms with Gasteiger partial charge in [-0.25, -0.2) is 4.98 Å². The first-order valence-corrected chi connectivity index (χ1v) is 10.7. The summed E-state index contributed by atoms with van der Waals surface area (Å²) in [5.74, 6) is 3.16. The number of halogens is 1. The molecule has 3 N–H and O–H groups in total. The topological polar surface area (TPSA) is 117 Å². The number of imidazole rings is 1. The molecular formula is C22H24ClN5O4. The normalized spacial score (nSPS) is 22.9. The van der Waals surface area contributed by atoms with Crippen LogP contribution in [0.25, 0.3) is 11.2 Å². The van der Waals surface area contributed by atoms with Crippen LogP contribution in [0.2, 0.25) is 5.28 Å². The summed E-state index contributed by atoms with van der Waals surface area (Å²) < 4.78 is 7.13. The molecule has 1 saturated heterocycles. The standard InChI is InChI=1S/C22H24ClN5O4/c1-3-9-27(10-14-7-5-13(4-2)6-8-14)19-16-20(26-22(23)25-19)28(12-24-16)21-18(31)17(30)15(11-29)32-21/h2,5-8,12,15,17-18,21,29-31H,3,9-11H2,1H3/t15-,17?,18?,21-/m1/s1. The Bertz CT molecular complexity index is 1130. The van der Waals surface area contributed by atoms with Crippen molar-refractivity contribution in [2.75, 3.05) is 18.1 Å². The number of anilines is 1. The fourth-order valence-corrected chi connectivity index (χ4v) is 4.01. The Morgan fingerprint density at radius 3 is 2.59 bits per heavy atom. The highest BCUT2D eigenvalue weighted by Gasteiger charge is 2.44. The smallest absolute Gasteiger partial charge is 0.226 e. The van der Waals surface area contributed by atoms with Crippen LogP contribution >= 0.6 is 11.6 Å². The average molecular weight is 458 g/mol. The van der Waals surface area contributed by atoms with Gasteiger partial charge in [0.15, 0.2) is 23.2 Å². The van der Waals surface area contributed by atoms with Crippen molar-refractivity contribution in [1.82, 2.24) is 19.5 Å². The van der Waals surface area contributed by atoms with Gasteiger partial charge < -0.3 is 25.0 Å². The van der Waals surface area contributed by atoms with Crippen molar-refractivity contribution in [2.45, 2.75) is 44.4 Å². The Kier molecular flexibility index (Phi) is 6.60. The fraction of sp³-hybridized carbons (Fsp3) is 0.409. The van der Waals surface area contributed by atoms with Gasteiger partial charge in [-0.05, 0) is 35.7 Å². The van der Waals surface area contributed by atoms with Gasteiger partial charge in [-0.2, -0.15) is 9.97 Å². The van der Waals surface area contributed by atoms with Crippen LogP contribution in [0.4, 0.5) is 5.82 Å². The van der Waals surface area contributed by atoms with Gasteiger partial charge in [0.2, 0.25) is 5.28 Å². The first kappa shape index (κ1) is 22.5. The van der Waals surface area contributed by atoms with Crippen LogP contribution in [0.3, 0.4) is 0 Å². The van der Waals surface area contributed by atoms with Gasteiger partial charge in [0, 0.05) is 18.7 Å². The number of aromatic nitrogens is 4. The molecule has 168 valence electrons. The number of fused-ring (bicyclic) bond motifs is 1. The summed E-state index contributed by atoms with van der Waals surface area (Å²) in [6.45, 7) is 2.89. The summed E-state index contributed by atoms with van der Waals surface area (Å²) in [6, 6.07) is 7.71. The van der Waals surface area contributed by atoms with Crippen LogP contribution in [0.15, 0.2) is 30.6 Å². The summed E-state index contributed by atoms with van der Waals surface area (Å²) in [4.78, 5) is 15.2. The monoisotopic (exact) mass is 457 g/mol. The van der Waals surface area contributed by atoms with Gasteiger partial charge in [-0.3, -0.25) is 4.57 Å². The maximum atomic E-state index is 10.4. The molecule has 0 aliphatic carbocycles. The first-order valence-electron chi connectivity index (χ1n) is 10.3. The van der Waals surface area contributed by atoms with Crippen molar-refractivity contribution in [3.63, 3.8) is 0 Å². The summed E-state index contributed by atoms with van der Waals surface area (Å²) in [7, 11) is 0. The molecule has 1 aromatic carbocycles. The van der Waals surface area contributed by atoms with E-state index in [9.17, 15) is 15.3 Å². The number of ether oxygens (including phenoxy) is 1. The fourth-order valence-electron chi connectivity index (χ4n) is 3.85. The third-order valence-electron chi connectivity index (χ3n) is 5.45. The molecule has 3 aromatic rings. The Hall–Kier alpha value is -2.74. The predicted molar refractivity (Wildman–Crippen MR) is 119 cm³/mol. The molecule has 4 rings (SSSR count). The lowest BCUT2D eigenvalue weighted by molar-refractivity contribution is -0.0511. The summed E-state index contributed by atoms with van der Waals surface area (Å²) in [6.07, 6.45) is 3.40. The van der Waals surface area contributed by atoms with Crippen LogP contribution in [-0.2, 0) is 11.3 Å². The van der Waals surface area contributed by atoms with Crippen molar-refractivity contribution >= 4 is 28.6 Å². The molecule has 0 spiro atoms. The molecule has 1 aliphatic heterocycles. The third-order valence-corrected chi connectivity index (χ3v) is 5.62. The number of aliphatic hydroxyl groups is 3. The van der Waals surface area contributed by atoms with E-state index in [1.165, 1.54) is 10.9 Å². The van der Waals surface area contributed by atoms with Gasteiger partial charge in [-0.15, -0.1) is 6.42 Å². The van der Waals surface area contributed by atoms with Crippen LogP contribution in [0.5, 0.6) is 0 Å². The Balaban J connectivity index is 1.72. The average Bonchev–Trinajstić information content (AvgIpc) is 3.34. The molecule has 10 heteroatoms. The molecule has 0 saturated carbocycles. The van der Waals surface area contributed by atoms with E-state index >= 15 is 0 Å². The largest absolute Gasteiger partial charge is 0.394 e. The Morgan fingerprint density at radius 1 is 1.22 bits per heavy atom. The number of nitrogens with zero attached hydrogens (tertiary/aromatic N) is 5. The SMILES string of the molecule is C#Cc1ccc(CN(CCC)c2nc(Cl)nc3c2ncn3[C@@H]2O[C@H](CO)C(O)C2O)cc1. The lowest BCUT2D eigenvalue weighted by Gasteiger charge is -2.24. The lowest BCUT2D eigenvalue weighted by atomic mass is 10.1. The van der Waals surface area contributed by atoms with Crippen LogP contribution in [-0.4, -0.2) is 66.3 Å². The van der Waals surface area contributed by atoms with Gasteiger partial charge in [-0.1, -0.05) is 25.0 Å². The van der Waals surface area contributed by atoms with Gasteiger partial charge in [0.25, 0.3) is 0 Å². The molecule has 32 heavy (non-hydrogen) atoms. The third kappa shape index (κ3) is 4.16. The quantitative estimate of drug-likeness (QED) is 0.361. The number of hydrogen-bond donors (Lipinski definition) is 3. The van der Waals surface area contributed by atoms with E-state index in [0.29, 0.717) is 30.1 Å². The van der Waals surface area contributed by atoms with E-state index in [1.54, 1.807) is 0 Å². The number of benzene rings is 1. The lowest BCUT2D eigenvalue weighted by Crippen LogP contribution is -2.33. The summed E-state index contributed by atoms with van der Waals surface area (Å²) in [5, 5.41) is 30.0. The van der Waals surface area contributed by atoms with E-state index < -0.39 is 31.1 Å². The van der Waals surface area contributed by atoms with E-state index in [0.717, 1.165) is 17.5 Å². The number of hydrogen-bond acceptors (Lipinski definition) is 8. The highest BCUT2D eigenvalue weighted by molar-refractivity contribution is 6.28. The molecule has 0 bridgehead atoms. The van der Waals surface area contributed by atoms with Crippen molar-refractivity contribution in [3.8, 4) is 12.3 Å². The zero-order chi connectivity index (χ0) is 22.8. The van der Waals surface area contributed by atoms with E-state index in [4.69, 9.17) is 22.8 Å². The Morgan fingerprint density at radius 2 is 1.97 bits per heavy atom. The number of aliphatic hydroxyl groups excluding tert-OH is 3. The molecule has 1 aliphatic rings. The number of terminal acetylenes is 1. The molecule has 2 aromatic heterocycles. The molecule has 4 atom stereocenters. The minimum Gasteiger partial charge on any atom is -0.394 e. The second kappa shape index (κ2) is 9.40. The van der Waals surface area contributed by atoms with Crippen molar-refractivity contribution in [1.29, 1.82) is 0 Å². The first-order chi connectivity index (χ1) is 15.5. The molecule has 2 unspecified atom stereocenters. The molecule has 0 amide bonds. The van der Waals surface area contributed by atoms with Gasteiger partial charge in [0.05, 0.1) is 12.9 Å². The summed E-state index contributed by atoms with van der Waals surface area (Å²) >= 11 is 6.26. The van der Waals surface area contributed by atoms with Crippen LogP contribution in [0, 0.1) is 12.3 Å².